The number of nitrogens with one attached hydrogen (secondary N) is 1. The Balaban J connectivity index is 2.11. The molecule has 22 heavy (non-hydrogen) atoms. The summed E-state index contributed by atoms with van der Waals surface area (Å²) in [6.07, 6.45) is 0.431. The first-order chi connectivity index (χ1) is 10.7. The first-order valence-electron chi connectivity index (χ1n) is 7.19. The van der Waals surface area contributed by atoms with Crippen molar-refractivity contribution in [1.82, 2.24) is 4.98 Å². The van der Waals surface area contributed by atoms with Gasteiger partial charge in [0.25, 0.3) is 0 Å². The first-order valence-corrected chi connectivity index (χ1v) is 7.19. The molecule has 3 rings (SSSR count). The molecule has 3 aromatic rings. The molecule has 0 aliphatic rings. The molecule has 0 fully saturated rings. The molecule has 1 aromatic heterocycles. The summed E-state index contributed by atoms with van der Waals surface area (Å²) in [5, 5.41) is 1.08. The van der Waals surface area contributed by atoms with E-state index in [1.54, 1.807) is 0 Å². The van der Waals surface area contributed by atoms with E-state index in [0.717, 1.165) is 27.7 Å². The van der Waals surface area contributed by atoms with E-state index in [4.69, 9.17) is 10.5 Å². The normalized spacial score (nSPS) is 12.3. The van der Waals surface area contributed by atoms with Crippen LogP contribution in [0.3, 0.4) is 0 Å². The highest BCUT2D eigenvalue weighted by molar-refractivity contribution is 5.91. The van der Waals surface area contributed by atoms with Crippen molar-refractivity contribution in [2.75, 3.05) is 7.11 Å². The number of carbonyl (C=O) groups is 1. The lowest BCUT2D eigenvalue weighted by Gasteiger charge is -2.11. The van der Waals surface area contributed by atoms with Crippen LogP contribution < -0.4 is 5.73 Å². The lowest BCUT2D eigenvalue weighted by Crippen LogP contribution is -2.33. The molecule has 2 aromatic carbocycles. The van der Waals surface area contributed by atoms with Crippen LogP contribution in [0, 0.1) is 0 Å². The van der Waals surface area contributed by atoms with Gasteiger partial charge < -0.3 is 15.5 Å². The van der Waals surface area contributed by atoms with Crippen LogP contribution in [0.5, 0.6) is 0 Å². The number of hydrogen-bond acceptors (Lipinski definition) is 3. The molecule has 0 aliphatic carbocycles. The standard InChI is InChI=1S/C18H18N2O2/c1-22-18(21)15(19)11-14-13-9-5-6-10-16(13)20-17(14)12-7-3-2-4-8-12/h2-10,15,20H,11,19H2,1H3. The zero-order valence-corrected chi connectivity index (χ0v) is 12.4. The number of carbonyl (C=O) groups excluding carboxylic acids is 1. The summed E-state index contributed by atoms with van der Waals surface area (Å²) in [4.78, 5) is 15.1. The molecule has 0 saturated carbocycles. The number of fused-ring (bicyclic) bond motifs is 1. The summed E-state index contributed by atoms with van der Waals surface area (Å²) < 4.78 is 4.74. The number of aromatic amines is 1. The second-order valence-corrected chi connectivity index (χ2v) is 5.22. The summed E-state index contributed by atoms with van der Waals surface area (Å²) in [7, 11) is 1.36. The minimum absolute atomic E-state index is 0.399. The van der Waals surface area contributed by atoms with Crippen molar-refractivity contribution < 1.29 is 9.53 Å². The second-order valence-electron chi connectivity index (χ2n) is 5.22. The maximum Gasteiger partial charge on any atom is 0.322 e. The number of H-pyrrole nitrogens is 1. The predicted octanol–water partition coefficient (Wildman–Crippen LogP) is 2.88. The highest BCUT2D eigenvalue weighted by Gasteiger charge is 2.20. The molecule has 1 unspecified atom stereocenters. The lowest BCUT2D eigenvalue weighted by atomic mass is 9.99. The molecule has 0 radical (unpaired) electrons. The maximum absolute atomic E-state index is 11.7. The average molecular weight is 294 g/mol. The summed E-state index contributed by atoms with van der Waals surface area (Å²) in [6, 6.07) is 17.4. The van der Waals surface area contributed by atoms with Crippen LogP contribution in [0.15, 0.2) is 54.6 Å². The molecule has 0 bridgehead atoms. The van der Waals surface area contributed by atoms with Crippen molar-refractivity contribution in [1.29, 1.82) is 0 Å². The van der Waals surface area contributed by atoms with Crippen molar-refractivity contribution in [3.05, 3.63) is 60.2 Å². The molecule has 0 spiro atoms. The van der Waals surface area contributed by atoms with Gasteiger partial charge in [0.15, 0.2) is 0 Å². The molecular weight excluding hydrogens is 276 g/mol. The smallest absolute Gasteiger partial charge is 0.322 e. The highest BCUT2D eigenvalue weighted by Crippen LogP contribution is 2.31. The number of ether oxygens (including phenoxy) is 1. The van der Waals surface area contributed by atoms with Crippen LogP contribution in [-0.2, 0) is 16.0 Å². The van der Waals surface area contributed by atoms with Crippen LogP contribution in [0.2, 0.25) is 0 Å². The minimum Gasteiger partial charge on any atom is -0.468 e. The Morgan fingerprint density at radius 2 is 1.82 bits per heavy atom. The Hall–Kier alpha value is -2.59. The van der Waals surface area contributed by atoms with E-state index in [9.17, 15) is 4.79 Å². The lowest BCUT2D eigenvalue weighted by molar-refractivity contribution is -0.142. The fraction of sp³-hybridized carbons (Fsp3) is 0.167. The van der Waals surface area contributed by atoms with Crippen LogP contribution in [0.25, 0.3) is 22.2 Å². The van der Waals surface area contributed by atoms with Gasteiger partial charge >= 0.3 is 5.97 Å². The van der Waals surface area contributed by atoms with Crippen molar-refractivity contribution in [2.45, 2.75) is 12.5 Å². The van der Waals surface area contributed by atoms with Gasteiger partial charge in [-0.15, -0.1) is 0 Å². The number of hydrogen-bond donors (Lipinski definition) is 2. The fourth-order valence-corrected chi connectivity index (χ4v) is 2.72. The van der Waals surface area contributed by atoms with Crippen LogP contribution >= 0.6 is 0 Å². The number of methoxy groups -OCH3 is 1. The molecular formula is C18H18N2O2. The molecule has 4 nitrogen and oxygen atoms in total. The predicted molar refractivity (Wildman–Crippen MR) is 87.4 cm³/mol. The highest BCUT2D eigenvalue weighted by atomic mass is 16.5. The zero-order valence-electron chi connectivity index (χ0n) is 12.4. The minimum atomic E-state index is -0.674. The van der Waals surface area contributed by atoms with E-state index in [-0.39, 0.29) is 0 Å². The Morgan fingerprint density at radius 1 is 1.14 bits per heavy atom. The SMILES string of the molecule is COC(=O)C(N)Cc1c(-c2ccccc2)[nH]c2ccccc12. The molecule has 1 atom stereocenters. The first kappa shape index (κ1) is 14.4. The van der Waals surface area contributed by atoms with Gasteiger partial charge in [-0.2, -0.15) is 0 Å². The number of nitrogens with two attached hydrogens (primary N) is 1. The van der Waals surface area contributed by atoms with E-state index < -0.39 is 12.0 Å². The van der Waals surface area contributed by atoms with Gasteiger partial charge in [-0.3, -0.25) is 4.79 Å². The molecule has 0 aliphatic heterocycles. The monoisotopic (exact) mass is 294 g/mol. The van der Waals surface area contributed by atoms with Crippen molar-refractivity contribution in [3.8, 4) is 11.3 Å². The molecule has 3 N–H and O–H groups in total. The Labute approximate surface area is 128 Å². The van der Waals surface area contributed by atoms with Gasteiger partial charge in [-0.05, 0) is 17.2 Å². The van der Waals surface area contributed by atoms with Gasteiger partial charge in [0.2, 0.25) is 0 Å². The van der Waals surface area contributed by atoms with Gasteiger partial charge in [0.05, 0.1) is 7.11 Å². The Bertz CT molecular complexity index is 793. The van der Waals surface area contributed by atoms with Crippen molar-refractivity contribution >= 4 is 16.9 Å². The third-order valence-corrected chi connectivity index (χ3v) is 3.80. The fourth-order valence-electron chi connectivity index (χ4n) is 2.72. The van der Waals surface area contributed by atoms with Gasteiger partial charge in [-0.25, -0.2) is 0 Å². The van der Waals surface area contributed by atoms with E-state index >= 15 is 0 Å². The van der Waals surface area contributed by atoms with Crippen LogP contribution in [0.1, 0.15) is 5.56 Å². The molecule has 112 valence electrons. The number of para-hydroxylation sites is 1. The molecule has 1 heterocycles. The van der Waals surface area contributed by atoms with E-state index in [2.05, 4.69) is 4.98 Å². The van der Waals surface area contributed by atoms with E-state index in [0.29, 0.717) is 6.42 Å². The van der Waals surface area contributed by atoms with E-state index in [1.807, 2.05) is 54.6 Å². The van der Waals surface area contributed by atoms with E-state index in [1.165, 1.54) is 7.11 Å². The summed E-state index contributed by atoms with van der Waals surface area (Å²) in [5.41, 5.74) is 10.1. The van der Waals surface area contributed by atoms with Crippen LogP contribution in [-0.4, -0.2) is 24.1 Å². The summed E-state index contributed by atoms with van der Waals surface area (Å²) >= 11 is 0. The number of benzene rings is 2. The number of aromatic nitrogens is 1. The van der Waals surface area contributed by atoms with Gasteiger partial charge in [0, 0.05) is 23.0 Å². The number of esters is 1. The average Bonchev–Trinajstić information content (AvgIpc) is 2.93. The van der Waals surface area contributed by atoms with Gasteiger partial charge in [0.1, 0.15) is 6.04 Å². The second kappa shape index (κ2) is 6.03. The summed E-state index contributed by atoms with van der Waals surface area (Å²) in [5.74, 6) is -0.399. The topological polar surface area (TPSA) is 68.1 Å². The molecule has 4 heteroatoms. The van der Waals surface area contributed by atoms with Crippen molar-refractivity contribution in [2.24, 2.45) is 5.73 Å². The quantitative estimate of drug-likeness (QED) is 0.727. The summed E-state index contributed by atoms with van der Waals surface area (Å²) in [6.45, 7) is 0. The Morgan fingerprint density at radius 3 is 2.55 bits per heavy atom. The van der Waals surface area contributed by atoms with Gasteiger partial charge in [-0.1, -0.05) is 48.5 Å². The number of rotatable bonds is 4. The van der Waals surface area contributed by atoms with Crippen LogP contribution in [0.4, 0.5) is 0 Å². The largest absolute Gasteiger partial charge is 0.468 e. The third kappa shape index (κ3) is 2.61. The van der Waals surface area contributed by atoms with Crippen molar-refractivity contribution in [3.63, 3.8) is 0 Å². The Kier molecular flexibility index (Phi) is 3.94. The molecule has 0 saturated heterocycles. The third-order valence-electron chi connectivity index (χ3n) is 3.80. The maximum atomic E-state index is 11.7. The molecule has 0 amide bonds. The zero-order chi connectivity index (χ0) is 15.5.